The molecule has 4 nitrogen and oxygen atoms in total. The second-order valence-corrected chi connectivity index (χ2v) is 6.38. The second-order valence-electron chi connectivity index (χ2n) is 6.38. The minimum absolute atomic E-state index is 0.0231. The average molecular weight is 324 g/mol. The number of amides is 1. The molecule has 0 spiro atoms. The average Bonchev–Trinajstić information content (AvgIpc) is 2.63. The van der Waals surface area contributed by atoms with E-state index in [1.54, 1.807) is 0 Å². The number of carbonyl (C=O) groups excluding carboxylic acids is 1. The van der Waals surface area contributed by atoms with Gasteiger partial charge in [0, 0.05) is 17.6 Å². The van der Waals surface area contributed by atoms with Crippen molar-refractivity contribution in [3.8, 4) is 5.75 Å². The van der Waals surface area contributed by atoms with Crippen LogP contribution in [0.15, 0.2) is 54.6 Å². The quantitative estimate of drug-likeness (QED) is 0.887. The maximum Gasteiger partial charge on any atom is 0.251 e. The van der Waals surface area contributed by atoms with E-state index in [-0.39, 0.29) is 11.9 Å². The SMILES string of the molecule is NC1CCC(NC(=O)c2ccc(OCc3ccccc3)cc2)CC1. The van der Waals surface area contributed by atoms with Crippen LogP contribution in [0.3, 0.4) is 0 Å². The third-order valence-corrected chi connectivity index (χ3v) is 4.47. The minimum Gasteiger partial charge on any atom is -0.489 e. The van der Waals surface area contributed by atoms with Crippen molar-refractivity contribution in [2.75, 3.05) is 0 Å². The number of ether oxygens (including phenoxy) is 1. The van der Waals surface area contributed by atoms with Crippen molar-refractivity contribution in [3.63, 3.8) is 0 Å². The van der Waals surface area contributed by atoms with Gasteiger partial charge in [-0.15, -0.1) is 0 Å². The maximum absolute atomic E-state index is 12.3. The Morgan fingerprint density at radius 3 is 2.33 bits per heavy atom. The highest BCUT2D eigenvalue weighted by Crippen LogP contribution is 2.18. The van der Waals surface area contributed by atoms with Crippen molar-refractivity contribution in [3.05, 3.63) is 65.7 Å². The third kappa shape index (κ3) is 4.59. The maximum atomic E-state index is 12.3. The van der Waals surface area contributed by atoms with Crippen molar-refractivity contribution in [2.24, 2.45) is 5.73 Å². The van der Waals surface area contributed by atoms with Crippen LogP contribution in [0.1, 0.15) is 41.6 Å². The van der Waals surface area contributed by atoms with E-state index in [9.17, 15) is 4.79 Å². The molecule has 1 aliphatic carbocycles. The predicted octanol–water partition coefficient (Wildman–Crippen LogP) is 3.27. The lowest BCUT2D eigenvalue weighted by Gasteiger charge is -2.26. The number of rotatable bonds is 5. The molecule has 0 radical (unpaired) electrons. The summed E-state index contributed by atoms with van der Waals surface area (Å²) in [6.07, 6.45) is 3.89. The number of benzene rings is 2. The smallest absolute Gasteiger partial charge is 0.251 e. The van der Waals surface area contributed by atoms with Crippen LogP contribution in [0.4, 0.5) is 0 Å². The molecule has 0 saturated heterocycles. The molecular weight excluding hydrogens is 300 g/mol. The lowest BCUT2D eigenvalue weighted by atomic mass is 9.91. The molecule has 1 saturated carbocycles. The fourth-order valence-corrected chi connectivity index (χ4v) is 2.98. The van der Waals surface area contributed by atoms with Crippen molar-refractivity contribution in [1.29, 1.82) is 0 Å². The van der Waals surface area contributed by atoms with Gasteiger partial charge < -0.3 is 15.8 Å². The summed E-state index contributed by atoms with van der Waals surface area (Å²) in [7, 11) is 0. The number of nitrogens with two attached hydrogens (primary N) is 1. The van der Waals surface area contributed by atoms with Crippen LogP contribution in [0, 0.1) is 0 Å². The van der Waals surface area contributed by atoms with E-state index >= 15 is 0 Å². The molecule has 24 heavy (non-hydrogen) atoms. The third-order valence-electron chi connectivity index (χ3n) is 4.47. The fourth-order valence-electron chi connectivity index (χ4n) is 2.98. The van der Waals surface area contributed by atoms with Crippen LogP contribution in [0.25, 0.3) is 0 Å². The first kappa shape index (κ1) is 16.5. The van der Waals surface area contributed by atoms with Gasteiger partial charge >= 0.3 is 0 Å². The molecule has 2 aromatic carbocycles. The number of nitrogens with one attached hydrogen (secondary N) is 1. The molecule has 0 bridgehead atoms. The Bertz CT molecular complexity index is 647. The topological polar surface area (TPSA) is 64.3 Å². The van der Waals surface area contributed by atoms with E-state index in [4.69, 9.17) is 10.5 Å². The summed E-state index contributed by atoms with van der Waals surface area (Å²) < 4.78 is 5.74. The summed E-state index contributed by atoms with van der Waals surface area (Å²) in [6.45, 7) is 0.523. The van der Waals surface area contributed by atoms with Gasteiger partial charge in [0.15, 0.2) is 0 Å². The van der Waals surface area contributed by atoms with Crippen molar-refractivity contribution in [1.82, 2.24) is 5.32 Å². The molecule has 1 aliphatic rings. The molecule has 1 amide bonds. The van der Waals surface area contributed by atoms with Gasteiger partial charge in [-0.25, -0.2) is 0 Å². The Balaban J connectivity index is 1.51. The largest absolute Gasteiger partial charge is 0.489 e. The van der Waals surface area contributed by atoms with Crippen LogP contribution in [0.2, 0.25) is 0 Å². The molecule has 0 unspecified atom stereocenters. The Morgan fingerprint density at radius 2 is 1.67 bits per heavy atom. The molecule has 0 heterocycles. The molecule has 0 aliphatic heterocycles. The number of carbonyl (C=O) groups is 1. The lowest BCUT2D eigenvalue weighted by molar-refractivity contribution is 0.0926. The van der Waals surface area contributed by atoms with Crippen LogP contribution < -0.4 is 15.8 Å². The van der Waals surface area contributed by atoms with Crippen molar-refractivity contribution < 1.29 is 9.53 Å². The summed E-state index contributed by atoms with van der Waals surface area (Å²) in [5.41, 5.74) is 7.68. The standard InChI is InChI=1S/C20H24N2O2/c21-17-8-10-18(11-9-17)22-20(23)16-6-12-19(13-7-16)24-14-15-4-2-1-3-5-15/h1-7,12-13,17-18H,8-11,14,21H2,(H,22,23). The predicted molar refractivity (Wildman–Crippen MR) is 94.9 cm³/mol. The molecule has 3 rings (SSSR count). The number of hydrogen-bond donors (Lipinski definition) is 2. The lowest BCUT2D eigenvalue weighted by Crippen LogP contribution is -2.40. The van der Waals surface area contributed by atoms with Crippen molar-refractivity contribution in [2.45, 2.75) is 44.4 Å². The van der Waals surface area contributed by atoms with Gasteiger partial charge in [0.2, 0.25) is 0 Å². The molecule has 4 heteroatoms. The van der Waals surface area contributed by atoms with E-state index in [1.165, 1.54) is 0 Å². The van der Waals surface area contributed by atoms with Crippen molar-refractivity contribution >= 4 is 5.91 Å². The second kappa shape index (κ2) is 7.97. The van der Waals surface area contributed by atoms with Crippen LogP contribution >= 0.6 is 0 Å². The normalized spacial score (nSPS) is 20.4. The highest BCUT2D eigenvalue weighted by atomic mass is 16.5. The number of hydrogen-bond acceptors (Lipinski definition) is 3. The molecular formula is C20H24N2O2. The fraction of sp³-hybridized carbons (Fsp3) is 0.350. The monoisotopic (exact) mass is 324 g/mol. The van der Waals surface area contributed by atoms with Gasteiger partial charge in [-0.2, -0.15) is 0 Å². The van der Waals surface area contributed by atoms with Gasteiger partial charge in [-0.3, -0.25) is 4.79 Å². The molecule has 3 N–H and O–H groups in total. The van der Waals surface area contributed by atoms with E-state index in [2.05, 4.69) is 5.32 Å². The Morgan fingerprint density at radius 1 is 1.00 bits per heavy atom. The van der Waals surface area contributed by atoms with Crippen LogP contribution in [-0.2, 0) is 6.61 Å². The van der Waals surface area contributed by atoms with Gasteiger partial charge in [0.1, 0.15) is 12.4 Å². The minimum atomic E-state index is -0.0231. The molecule has 1 fully saturated rings. The summed E-state index contributed by atoms with van der Waals surface area (Å²) in [4.78, 5) is 12.3. The molecule has 0 atom stereocenters. The zero-order valence-corrected chi connectivity index (χ0v) is 13.8. The first-order valence-electron chi connectivity index (χ1n) is 8.54. The van der Waals surface area contributed by atoms with E-state index in [0.717, 1.165) is 37.0 Å². The van der Waals surface area contributed by atoms with Gasteiger partial charge in [-0.1, -0.05) is 30.3 Å². The van der Waals surface area contributed by atoms with E-state index in [1.807, 2.05) is 54.6 Å². The summed E-state index contributed by atoms with van der Waals surface area (Å²) >= 11 is 0. The zero-order valence-electron chi connectivity index (χ0n) is 13.8. The summed E-state index contributed by atoms with van der Waals surface area (Å²) in [5.74, 6) is 0.740. The Labute approximate surface area is 143 Å². The molecule has 2 aromatic rings. The van der Waals surface area contributed by atoms with E-state index in [0.29, 0.717) is 18.2 Å². The van der Waals surface area contributed by atoms with Crippen LogP contribution in [0.5, 0.6) is 5.75 Å². The first-order chi connectivity index (χ1) is 11.7. The first-order valence-corrected chi connectivity index (χ1v) is 8.54. The van der Waals surface area contributed by atoms with Gasteiger partial charge in [0.05, 0.1) is 0 Å². The van der Waals surface area contributed by atoms with E-state index < -0.39 is 0 Å². The Hall–Kier alpha value is -2.33. The highest BCUT2D eigenvalue weighted by molar-refractivity contribution is 5.94. The zero-order chi connectivity index (χ0) is 16.8. The van der Waals surface area contributed by atoms with Crippen LogP contribution in [-0.4, -0.2) is 18.0 Å². The molecule has 126 valence electrons. The summed E-state index contributed by atoms with van der Waals surface area (Å²) in [5, 5.41) is 3.10. The summed E-state index contributed by atoms with van der Waals surface area (Å²) in [6, 6.07) is 17.9. The molecule has 0 aromatic heterocycles. The van der Waals surface area contributed by atoms with Gasteiger partial charge in [0.25, 0.3) is 5.91 Å². The van der Waals surface area contributed by atoms with Gasteiger partial charge in [-0.05, 0) is 55.5 Å². The highest BCUT2D eigenvalue weighted by Gasteiger charge is 2.20. The Kier molecular flexibility index (Phi) is 5.49.